The van der Waals surface area contributed by atoms with E-state index in [0.29, 0.717) is 24.8 Å². The standard InChI is InChI=1S/C14H20N4O2/c1-11(2)17(7-3-5-13(19)20)9-12-10-18-8-4-6-15-14(18)16-12/h4,6,8,10-11H,3,5,7,9H2,1-2H3,(H,19,20). The highest BCUT2D eigenvalue weighted by molar-refractivity contribution is 5.66. The van der Waals surface area contributed by atoms with Gasteiger partial charge in [0.25, 0.3) is 0 Å². The number of carboxylic acids is 1. The summed E-state index contributed by atoms with van der Waals surface area (Å²) < 4.78 is 1.89. The van der Waals surface area contributed by atoms with Crippen molar-refractivity contribution in [3.05, 3.63) is 30.4 Å². The number of aromatic nitrogens is 3. The number of rotatable bonds is 7. The Morgan fingerprint density at radius 2 is 2.30 bits per heavy atom. The molecule has 0 aliphatic heterocycles. The van der Waals surface area contributed by atoms with Crippen LogP contribution in [-0.2, 0) is 11.3 Å². The van der Waals surface area contributed by atoms with Gasteiger partial charge in [-0.05, 0) is 32.9 Å². The topological polar surface area (TPSA) is 70.7 Å². The van der Waals surface area contributed by atoms with E-state index in [2.05, 4.69) is 28.7 Å². The van der Waals surface area contributed by atoms with E-state index < -0.39 is 5.97 Å². The molecule has 6 heteroatoms. The molecule has 6 nitrogen and oxygen atoms in total. The zero-order valence-electron chi connectivity index (χ0n) is 11.9. The van der Waals surface area contributed by atoms with Crippen molar-refractivity contribution in [2.45, 2.75) is 39.3 Å². The lowest BCUT2D eigenvalue weighted by Gasteiger charge is -2.25. The smallest absolute Gasteiger partial charge is 0.303 e. The summed E-state index contributed by atoms with van der Waals surface area (Å²) in [6.45, 7) is 5.68. The Morgan fingerprint density at radius 1 is 1.50 bits per heavy atom. The van der Waals surface area contributed by atoms with Gasteiger partial charge in [0.15, 0.2) is 0 Å². The van der Waals surface area contributed by atoms with Gasteiger partial charge >= 0.3 is 5.97 Å². The summed E-state index contributed by atoms with van der Waals surface area (Å²) in [5, 5.41) is 8.71. The third-order valence-electron chi connectivity index (χ3n) is 3.22. The molecule has 2 rings (SSSR count). The van der Waals surface area contributed by atoms with Gasteiger partial charge in [-0.3, -0.25) is 14.1 Å². The van der Waals surface area contributed by atoms with Crippen LogP contribution in [0.4, 0.5) is 0 Å². The fourth-order valence-electron chi connectivity index (χ4n) is 2.12. The van der Waals surface area contributed by atoms with E-state index in [-0.39, 0.29) is 6.42 Å². The first-order valence-corrected chi connectivity index (χ1v) is 6.80. The number of hydrogen-bond donors (Lipinski definition) is 1. The molecule has 0 fully saturated rings. The normalized spacial score (nSPS) is 11.6. The average Bonchev–Trinajstić information content (AvgIpc) is 2.79. The van der Waals surface area contributed by atoms with Crippen molar-refractivity contribution >= 4 is 11.7 Å². The molecule has 0 saturated heterocycles. The van der Waals surface area contributed by atoms with E-state index in [1.807, 2.05) is 22.9 Å². The maximum absolute atomic E-state index is 10.6. The Kier molecular flexibility index (Phi) is 4.68. The fraction of sp³-hybridized carbons (Fsp3) is 0.500. The lowest BCUT2D eigenvalue weighted by atomic mass is 10.2. The van der Waals surface area contributed by atoms with Crippen molar-refractivity contribution in [1.82, 2.24) is 19.3 Å². The number of carboxylic acid groups (broad SMARTS) is 1. The summed E-state index contributed by atoms with van der Waals surface area (Å²) in [5.74, 6) is -0.0534. The molecule has 2 aromatic heterocycles. The molecule has 0 atom stereocenters. The number of carbonyl (C=O) groups is 1. The minimum absolute atomic E-state index is 0.204. The molecule has 108 valence electrons. The van der Waals surface area contributed by atoms with E-state index >= 15 is 0 Å². The third-order valence-corrected chi connectivity index (χ3v) is 3.22. The van der Waals surface area contributed by atoms with Gasteiger partial charge in [0.05, 0.1) is 5.69 Å². The van der Waals surface area contributed by atoms with Crippen LogP contribution in [0, 0.1) is 0 Å². The van der Waals surface area contributed by atoms with Crippen LogP contribution in [0.3, 0.4) is 0 Å². The minimum atomic E-state index is -0.745. The Morgan fingerprint density at radius 3 is 2.95 bits per heavy atom. The predicted octanol–water partition coefficient (Wildman–Crippen LogP) is 1.80. The first-order valence-electron chi connectivity index (χ1n) is 6.80. The van der Waals surface area contributed by atoms with Gasteiger partial charge in [0, 0.05) is 37.6 Å². The second-order valence-electron chi connectivity index (χ2n) is 5.12. The first-order chi connectivity index (χ1) is 9.56. The minimum Gasteiger partial charge on any atom is -0.481 e. The number of aliphatic carboxylic acids is 1. The van der Waals surface area contributed by atoms with Gasteiger partial charge in [0.1, 0.15) is 0 Å². The van der Waals surface area contributed by atoms with Gasteiger partial charge in [-0.15, -0.1) is 0 Å². The molecule has 0 saturated carbocycles. The van der Waals surface area contributed by atoms with Crippen LogP contribution < -0.4 is 0 Å². The maximum atomic E-state index is 10.6. The molecule has 0 aliphatic rings. The van der Waals surface area contributed by atoms with Crippen molar-refractivity contribution < 1.29 is 9.90 Å². The molecular formula is C14H20N4O2. The van der Waals surface area contributed by atoms with Crippen LogP contribution in [-0.4, -0.2) is 42.9 Å². The van der Waals surface area contributed by atoms with E-state index in [1.165, 1.54) is 0 Å². The Balaban J connectivity index is 2.01. The predicted molar refractivity (Wildman–Crippen MR) is 75.4 cm³/mol. The number of imidazole rings is 1. The molecule has 0 aliphatic carbocycles. The van der Waals surface area contributed by atoms with Gasteiger partial charge in [-0.2, -0.15) is 0 Å². The van der Waals surface area contributed by atoms with Gasteiger partial charge < -0.3 is 5.11 Å². The number of nitrogens with zero attached hydrogens (tertiary/aromatic N) is 4. The quantitative estimate of drug-likeness (QED) is 0.835. The molecule has 0 radical (unpaired) electrons. The molecule has 2 aromatic rings. The monoisotopic (exact) mass is 276 g/mol. The van der Waals surface area contributed by atoms with Gasteiger partial charge in [0.2, 0.25) is 5.78 Å². The Labute approximate surface area is 118 Å². The summed E-state index contributed by atoms with van der Waals surface area (Å²) in [4.78, 5) is 21.5. The van der Waals surface area contributed by atoms with E-state index in [1.54, 1.807) is 6.20 Å². The van der Waals surface area contributed by atoms with Crippen molar-refractivity contribution in [1.29, 1.82) is 0 Å². The summed E-state index contributed by atoms with van der Waals surface area (Å²) >= 11 is 0. The highest BCUT2D eigenvalue weighted by atomic mass is 16.4. The first kappa shape index (κ1) is 14.5. The zero-order valence-corrected chi connectivity index (χ0v) is 11.9. The second kappa shape index (κ2) is 6.47. The van der Waals surface area contributed by atoms with Crippen molar-refractivity contribution in [2.24, 2.45) is 0 Å². The molecular weight excluding hydrogens is 256 g/mol. The van der Waals surface area contributed by atoms with E-state index in [4.69, 9.17) is 5.11 Å². The highest BCUT2D eigenvalue weighted by Crippen LogP contribution is 2.10. The molecule has 0 unspecified atom stereocenters. The summed E-state index contributed by atoms with van der Waals surface area (Å²) in [5.41, 5.74) is 0.952. The second-order valence-corrected chi connectivity index (χ2v) is 5.12. The number of hydrogen-bond acceptors (Lipinski definition) is 4. The van der Waals surface area contributed by atoms with Crippen LogP contribution in [0.5, 0.6) is 0 Å². The zero-order chi connectivity index (χ0) is 14.5. The van der Waals surface area contributed by atoms with E-state index in [9.17, 15) is 4.79 Å². The molecule has 0 spiro atoms. The SMILES string of the molecule is CC(C)N(CCCC(=O)O)Cc1cn2cccnc2n1. The van der Waals surface area contributed by atoms with Gasteiger partial charge in [-0.25, -0.2) is 9.97 Å². The van der Waals surface area contributed by atoms with E-state index in [0.717, 1.165) is 12.2 Å². The third kappa shape index (κ3) is 3.77. The Hall–Kier alpha value is -1.95. The fourth-order valence-corrected chi connectivity index (χ4v) is 2.12. The molecule has 0 bridgehead atoms. The van der Waals surface area contributed by atoms with Crippen molar-refractivity contribution in [3.8, 4) is 0 Å². The summed E-state index contributed by atoms with van der Waals surface area (Å²) in [6.07, 6.45) is 6.46. The van der Waals surface area contributed by atoms with Crippen LogP contribution >= 0.6 is 0 Å². The largest absolute Gasteiger partial charge is 0.481 e. The lowest BCUT2D eigenvalue weighted by molar-refractivity contribution is -0.137. The van der Waals surface area contributed by atoms with Crippen LogP contribution in [0.2, 0.25) is 0 Å². The lowest BCUT2D eigenvalue weighted by Crippen LogP contribution is -2.31. The van der Waals surface area contributed by atoms with Crippen molar-refractivity contribution in [3.63, 3.8) is 0 Å². The van der Waals surface area contributed by atoms with Crippen LogP contribution in [0.1, 0.15) is 32.4 Å². The summed E-state index contributed by atoms with van der Waals surface area (Å²) in [6, 6.07) is 2.22. The maximum Gasteiger partial charge on any atom is 0.303 e. The highest BCUT2D eigenvalue weighted by Gasteiger charge is 2.13. The molecule has 20 heavy (non-hydrogen) atoms. The molecule has 0 aromatic carbocycles. The van der Waals surface area contributed by atoms with Crippen LogP contribution in [0.15, 0.2) is 24.7 Å². The van der Waals surface area contributed by atoms with Crippen LogP contribution in [0.25, 0.3) is 5.78 Å². The molecule has 2 heterocycles. The van der Waals surface area contributed by atoms with Crippen molar-refractivity contribution in [2.75, 3.05) is 6.54 Å². The average molecular weight is 276 g/mol. The number of fused-ring (bicyclic) bond motifs is 1. The van der Waals surface area contributed by atoms with Gasteiger partial charge in [-0.1, -0.05) is 0 Å². The molecule has 0 amide bonds. The summed E-state index contributed by atoms with van der Waals surface area (Å²) in [7, 11) is 0. The Bertz CT molecular complexity index is 546. The molecule has 1 N–H and O–H groups in total.